The molecule has 26 heavy (non-hydrogen) atoms. The lowest BCUT2D eigenvalue weighted by molar-refractivity contribution is 0.0750. The van der Waals surface area contributed by atoms with Gasteiger partial charge in [0.25, 0.3) is 0 Å². The predicted octanol–water partition coefficient (Wildman–Crippen LogP) is 3.54. The van der Waals surface area contributed by atoms with Crippen molar-refractivity contribution >= 4 is 6.09 Å². The van der Waals surface area contributed by atoms with Crippen molar-refractivity contribution in [3.8, 4) is 5.75 Å². The molecule has 5 nitrogen and oxygen atoms in total. The third-order valence-corrected chi connectivity index (χ3v) is 4.94. The van der Waals surface area contributed by atoms with E-state index >= 15 is 0 Å². The summed E-state index contributed by atoms with van der Waals surface area (Å²) in [5.41, 5.74) is 3.93. The first-order valence-corrected chi connectivity index (χ1v) is 8.80. The Balaban J connectivity index is 1.59. The molecule has 1 aliphatic heterocycles. The van der Waals surface area contributed by atoms with Crippen molar-refractivity contribution in [3.63, 3.8) is 0 Å². The van der Waals surface area contributed by atoms with E-state index in [0.29, 0.717) is 6.54 Å². The van der Waals surface area contributed by atoms with Crippen molar-refractivity contribution in [2.45, 2.75) is 33.4 Å². The summed E-state index contributed by atoms with van der Waals surface area (Å²) in [6.07, 6.45) is 1.95. The van der Waals surface area contributed by atoms with Crippen LogP contribution in [0.1, 0.15) is 23.6 Å². The number of carbonyl (C=O) groups is 1. The Bertz CT molecular complexity index is 796. The summed E-state index contributed by atoms with van der Waals surface area (Å²) in [7, 11) is 0. The number of halogens is 1. The van der Waals surface area contributed by atoms with E-state index in [1.807, 2.05) is 6.92 Å². The standard InChI is InChI=1S/C20H24FN3O2/c1-14-5-4-6-17(16(14)3)13-23-7-8-24(15(2)12-23)20(25)26-19-9-18(21)10-22-11-19/h4-6,9-11,15H,7-8,12-13H2,1-3H3/t15-/m1/s1. The first-order valence-electron chi connectivity index (χ1n) is 8.80. The van der Waals surface area contributed by atoms with E-state index in [-0.39, 0.29) is 11.8 Å². The highest BCUT2D eigenvalue weighted by atomic mass is 19.1. The molecule has 1 fully saturated rings. The van der Waals surface area contributed by atoms with Crippen LogP contribution in [0.4, 0.5) is 9.18 Å². The smallest absolute Gasteiger partial charge is 0.408 e. The molecule has 1 aromatic heterocycles. The van der Waals surface area contributed by atoms with Gasteiger partial charge >= 0.3 is 6.09 Å². The van der Waals surface area contributed by atoms with Crippen LogP contribution >= 0.6 is 0 Å². The van der Waals surface area contributed by atoms with E-state index in [4.69, 9.17) is 4.74 Å². The second kappa shape index (κ2) is 7.83. The van der Waals surface area contributed by atoms with Crippen molar-refractivity contribution in [3.05, 3.63) is 59.2 Å². The van der Waals surface area contributed by atoms with Crippen LogP contribution in [0, 0.1) is 19.7 Å². The first kappa shape index (κ1) is 18.3. The van der Waals surface area contributed by atoms with E-state index in [1.54, 1.807) is 4.90 Å². The highest BCUT2D eigenvalue weighted by Crippen LogP contribution is 2.19. The Morgan fingerprint density at radius 3 is 2.85 bits per heavy atom. The number of carbonyl (C=O) groups excluding carboxylic acids is 1. The highest BCUT2D eigenvalue weighted by molar-refractivity contribution is 5.71. The van der Waals surface area contributed by atoms with Crippen LogP contribution in [-0.2, 0) is 6.54 Å². The molecule has 0 N–H and O–H groups in total. The number of pyridine rings is 1. The first-order chi connectivity index (χ1) is 12.4. The molecule has 0 unspecified atom stereocenters. The van der Waals surface area contributed by atoms with Gasteiger partial charge in [0.2, 0.25) is 0 Å². The molecule has 0 bridgehead atoms. The average molecular weight is 357 g/mol. The molecule has 0 saturated carbocycles. The number of hydrogen-bond acceptors (Lipinski definition) is 4. The molecule has 1 aromatic carbocycles. The van der Waals surface area contributed by atoms with Gasteiger partial charge in [0.05, 0.1) is 12.4 Å². The number of hydrogen-bond donors (Lipinski definition) is 0. The van der Waals surface area contributed by atoms with Gasteiger partial charge in [-0.15, -0.1) is 0 Å². The summed E-state index contributed by atoms with van der Waals surface area (Å²) in [5.74, 6) is -0.401. The van der Waals surface area contributed by atoms with Gasteiger partial charge in [-0.3, -0.25) is 9.88 Å². The third kappa shape index (κ3) is 4.19. The van der Waals surface area contributed by atoms with Crippen molar-refractivity contribution in [2.75, 3.05) is 19.6 Å². The van der Waals surface area contributed by atoms with E-state index in [2.05, 4.69) is 41.9 Å². The largest absolute Gasteiger partial charge is 0.415 e. The number of amides is 1. The van der Waals surface area contributed by atoms with Crippen molar-refractivity contribution in [1.29, 1.82) is 0 Å². The number of ether oxygens (including phenoxy) is 1. The number of piperazine rings is 1. The van der Waals surface area contributed by atoms with Crippen molar-refractivity contribution in [1.82, 2.24) is 14.8 Å². The van der Waals surface area contributed by atoms with Crippen molar-refractivity contribution in [2.24, 2.45) is 0 Å². The van der Waals surface area contributed by atoms with Gasteiger partial charge in [0.1, 0.15) is 5.82 Å². The van der Waals surface area contributed by atoms with Crippen LogP contribution in [-0.4, -0.2) is 46.6 Å². The second-order valence-corrected chi connectivity index (χ2v) is 6.84. The number of nitrogens with zero attached hydrogens (tertiary/aromatic N) is 3. The topological polar surface area (TPSA) is 45.7 Å². The lowest BCUT2D eigenvalue weighted by atomic mass is 10.0. The van der Waals surface area contributed by atoms with E-state index < -0.39 is 11.9 Å². The Hall–Kier alpha value is -2.47. The molecule has 0 radical (unpaired) electrons. The predicted molar refractivity (Wildman–Crippen MR) is 97.6 cm³/mol. The Kier molecular flexibility index (Phi) is 5.52. The normalized spacial score (nSPS) is 18.0. The number of rotatable bonds is 3. The van der Waals surface area contributed by atoms with Crippen LogP contribution in [0.5, 0.6) is 5.75 Å². The molecule has 6 heteroatoms. The molecule has 1 amide bonds. The Morgan fingerprint density at radius 2 is 2.12 bits per heavy atom. The summed E-state index contributed by atoms with van der Waals surface area (Å²) in [6, 6.07) is 7.54. The lowest BCUT2D eigenvalue weighted by Gasteiger charge is -2.39. The summed E-state index contributed by atoms with van der Waals surface area (Å²) in [4.78, 5) is 20.1. The summed E-state index contributed by atoms with van der Waals surface area (Å²) in [6.45, 7) is 9.26. The minimum Gasteiger partial charge on any atom is -0.408 e. The van der Waals surface area contributed by atoms with Crippen LogP contribution < -0.4 is 4.74 Å². The lowest BCUT2D eigenvalue weighted by Crippen LogP contribution is -2.54. The fourth-order valence-electron chi connectivity index (χ4n) is 3.28. The maximum Gasteiger partial charge on any atom is 0.415 e. The maximum absolute atomic E-state index is 13.2. The van der Waals surface area contributed by atoms with Crippen molar-refractivity contribution < 1.29 is 13.9 Å². The zero-order valence-electron chi connectivity index (χ0n) is 15.4. The highest BCUT2D eigenvalue weighted by Gasteiger charge is 2.29. The molecular weight excluding hydrogens is 333 g/mol. The molecule has 0 aliphatic carbocycles. The molecule has 2 aromatic rings. The summed E-state index contributed by atoms with van der Waals surface area (Å²) < 4.78 is 18.4. The molecule has 1 saturated heterocycles. The average Bonchev–Trinajstić information content (AvgIpc) is 2.59. The zero-order chi connectivity index (χ0) is 18.7. The minimum atomic E-state index is -0.526. The van der Waals surface area contributed by atoms with Crippen LogP contribution in [0.15, 0.2) is 36.7 Å². The second-order valence-electron chi connectivity index (χ2n) is 6.84. The van der Waals surface area contributed by atoms with Gasteiger partial charge in [-0.25, -0.2) is 9.18 Å². The summed E-state index contributed by atoms with van der Waals surface area (Å²) >= 11 is 0. The molecule has 1 aliphatic rings. The minimum absolute atomic E-state index is 0.0166. The maximum atomic E-state index is 13.2. The van der Waals surface area contributed by atoms with E-state index in [1.165, 1.54) is 22.9 Å². The van der Waals surface area contributed by atoms with Gasteiger partial charge in [-0.1, -0.05) is 18.2 Å². The van der Waals surface area contributed by atoms with Crippen LogP contribution in [0.25, 0.3) is 0 Å². The molecule has 3 rings (SSSR count). The summed E-state index contributed by atoms with van der Waals surface area (Å²) in [5, 5.41) is 0. The fraction of sp³-hybridized carbons (Fsp3) is 0.400. The SMILES string of the molecule is Cc1cccc(CN2CCN(C(=O)Oc3cncc(F)c3)[C@H](C)C2)c1C. The molecule has 0 spiro atoms. The van der Waals surface area contributed by atoms with E-state index in [9.17, 15) is 9.18 Å². The fourth-order valence-corrected chi connectivity index (χ4v) is 3.28. The Morgan fingerprint density at radius 1 is 1.31 bits per heavy atom. The van der Waals surface area contributed by atoms with Gasteiger partial charge in [-0.05, 0) is 37.5 Å². The van der Waals surface area contributed by atoms with E-state index in [0.717, 1.165) is 31.9 Å². The Labute approximate surface area is 153 Å². The molecule has 138 valence electrons. The van der Waals surface area contributed by atoms with Gasteiger partial charge in [-0.2, -0.15) is 0 Å². The van der Waals surface area contributed by atoms with Gasteiger partial charge < -0.3 is 9.64 Å². The number of aromatic nitrogens is 1. The molecule has 1 atom stereocenters. The number of benzene rings is 1. The number of aryl methyl sites for hydroxylation is 1. The van der Waals surface area contributed by atoms with Crippen LogP contribution in [0.2, 0.25) is 0 Å². The van der Waals surface area contributed by atoms with Gasteiger partial charge in [0, 0.05) is 38.3 Å². The third-order valence-electron chi connectivity index (χ3n) is 4.94. The molecule has 2 heterocycles. The van der Waals surface area contributed by atoms with Crippen LogP contribution in [0.3, 0.4) is 0 Å². The zero-order valence-corrected chi connectivity index (χ0v) is 15.4. The monoisotopic (exact) mass is 357 g/mol. The molecular formula is C20H24FN3O2. The quantitative estimate of drug-likeness (QED) is 0.843. The van der Waals surface area contributed by atoms with Gasteiger partial charge in [0.15, 0.2) is 5.75 Å².